The monoisotopic (exact) mass is 524 g/mol. The lowest BCUT2D eigenvalue weighted by Gasteiger charge is -2.42. The molecule has 0 saturated carbocycles. The number of pyridine rings is 2. The Balaban J connectivity index is 1.48. The number of hydrogen-bond donors (Lipinski definition) is 1. The number of nitrogens with zero attached hydrogens (tertiary/aromatic N) is 3. The van der Waals surface area contributed by atoms with Crippen LogP contribution in [0.3, 0.4) is 0 Å². The van der Waals surface area contributed by atoms with Crippen molar-refractivity contribution >= 4 is 23.3 Å². The van der Waals surface area contributed by atoms with Crippen LogP contribution in [0.2, 0.25) is 0 Å². The molecular formula is C28H27F3N4O3. The predicted molar refractivity (Wildman–Crippen MR) is 136 cm³/mol. The Morgan fingerprint density at radius 1 is 1.13 bits per heavy atom. The molecule has 1 aromatic carbocycles. The number of hydrogen-bond acceptors (Lipinski definition) is 5. The molecule has 2 atom stereocenters. The largest absolute Gasteiger partial charge is 0.416 e. The van der Waals surface area contributed by atoms with Crippen molar-refractivity contribution in [1.82, 2.24) is 9.97 Å². The van der Waals surface area contributed by atoms with Crippen LogP contribution < -0.4 is 10.2 Å². The van der Waals surface area contributed by atoms with Gasteiger partial charge in [-0.05, 0) is 63.1 Å². The van der Waals surface area contributed by atoms with Crippen LogP contribution in [0.25, 0.3) is 11.1 Å². The average molecular weight is 525 g/mol. The molecule has 0 bridgehead atoms. The summed E-state index contributed by atoms with van der Waals surface area (Å²) in [5, 5.41) is 2.65. The number of rotatable bonds is 4. The van der Waals surface area contributed by atoms with Gasteiger partial charge < -0.3 is 10.1 Å². The van der Waals surface area contributed by atoms with Crippen LogP contribution in [0.15, 0.2) is 48.8 Å². The highest BCUT2D eigenvalue weighted by Gasteiger charge is 2.43. The highest BCUT2D eigenvalue weighted by molar-refractivity contribution is 6.04. The van der Waals surface area contributed by atoms with Crippen molar-refractivity contribution in [2.24, 2.45) is 5.92 Å². The van der Waals surface area contributed by atoms with Crippen molar-refractivity contribution in [3.8, 4) is 11.1 Å². The Kier molecular flexibility index (Phi) is 6.68. The minimum absolute atomic E-state index is 0.00856. The Labute approximate surface area is 218 Å². The van der Waals surface area contributed by atoms with E-state index in [4.69, 9.17) is 9.72 Å². The quantitative estimate of drug-likeness (QED) is 0.481. The van der Waals surface area contributed by atoms with Crippen molar-refractivity contribution in [2.75, 3.05) is 23.4 Å². The topological polar surface area (TPSA) is 84.4 Å². The number of ether oxygens (including phenoxy) is 1. The van der Waals surface area contributed by atoms with Gasteiger partial charge in [0.15, 0.2) is 0 Å². The molecule has 1 fully saturated rings. The standard InChI is InChI=1S/C28H27F3N4O3/c1-15(2)35-25-23(21-7-8-38-14-24(21)27(35)37)10-18(12-33-25)22-11-20(13-32-16(22)3)34-26(36)17-5-4-6-19(9-17)28(29,30)31/h4-6,9-13,15,21,24H,7-8,14H2,1-3H3,(H,34,36)/t21-,24+/m0/s1. The molecule has 1 N–H and O–H groups in total. The van der Waals surface area contributed by atoms with E-state index in [1.54, 1.807) is 17.2 Å². The molecule has 0 spiro atoms. The number of alkyl halides is 3. The van der Waals surface area contributed by atoms with E-state index in [0.29, 0.717) is 36.8 Å². The number of anilines is 2. The molecule has 2 aliphatic heterocycles. The van der Waals surface area contributed by atoms with Gasteiger partial charge in [-0.25, -0.2) is 4.98 Å². The second-order valence-electron chi connectivity index (χ2n) is 9.91. The molecule has 0 radical (unpaired) electrons. The van der Waals surface area contributed by atoms with Crippen LogP contribution in [0.1, 0.15) is 53.4 Å². The van der Waals surface area contributed by atoms with Crippen molar-refractivity contribution < 1.29 is 27.5 Å². The maximum Gasteiger partial charge on any atom is 0.416 e. The Hall–Kier alpha value is -3.79. The predicted octanol–water partition coefficient (Wildman–Crippen LogP) is 5.60. The first-order chi connectivity index (χ1) is 18.0. The summed E-state index contributed by atoms with van der Waals surface area (Å²) >= 11 is 0. The summed E-state index contributed by atoms with van der Waals surface area (Å²) < 4.78 is 44.9. The number of carbonyl (C=O) groups is 2. The Morgan fingerprint density at radius 2 is 1.92 bits per heavy atom. The normalized spacial score (nSPS) is 19.2. The number of fused-ring (bicyclic) bond motifs is 3. The minimum atomic E-state index is -4.55. The third kappa shape index (κ3) is 4.76. The van der Waals surface area contributed by atoms with E-state index in [1.165, 1.54) is 18.3 Å². The zero-order valence-corrected chi connectivity index (χ0v) is 21.2. The van der Waals surface area contributed by atoms with Gasteiger partial charge in [0.05, 0.1) is 30.0 Å². The first kappa shape index (κ1) is 25.8. The number of halogens is 3. The average Bonchev–Trinajstić information content (AvgIpc) is 2.89. The molecule has 0 aliphatic carbocycles. The van der Waals surface area contributed by atoms with E-state index in [0.717, 1.165) is 28.8 Å². The second-order valence-corrected chi connectivity index (χ2v) is 9.91. The SMILES string of the molecule is Cc1ncc(NC(=O)c2cccc(C(F)(F)F)c2)cc1-c1cnc2c(c1)[C@@H]1CCOC[C@H]1C(=O)N2C(C)C. The third-order valence-corrected chi connectivity index (χ3v) is 7.06. The molecule has 198 valence electrons. The number of amides is 2. The molecule has 2 aromatic heterocycles. The lowest BCUT2D eigenvalue weighted by atomic mass is 9.78. The molecular weight excluding hydrogens is 497 g/mol. The zero-order valence-electron chi connectivity index (χ0n) is 21.2. The van der Waals surface area contributed by atoms with Gasteiger partial charge in [0.25, 0.3) is 5.91 Å². The van der Waals surface area contributed by atoms with Gasteiger partial charge in [0, 0.05) is 47.1 Å². The van der Waals surface area contributed by atoms with Gasteiger partial charge in [-0.3, -0.25) is 19.5 Å². The Morgan fingerprint density at radius 3 is 2.66 bits per heavy atom. The number of nitrogens with one attached hydrogen (secondary N) is 1. The van der Waals surface area contributed by atoms with Crippen LogP contribution in [0, 0.1) is 12.8 Å². The van der Waals surface area contributed by atoms with Gasteiger partial charge >= 0.3 is 6.18 Å². The molecule has 38 heavy (non-hydrogen) atoms. The van der Waals surface area contributed by atoms with Crippen LogP contribution in [-0.2, 0) is 15.7 Å². The summed E-state index contributed by atoms with van der Waals surface area (Å²) in [5.74, 6) is -0.280. The summed E-state index contributed by atoms with van der Waals surface area (Å²) in [6, 6.07) is 7.94. The van der Waals surface area contributed by atoms with Gasteiger partial charge in [0.2, 0.25) is 5.91 Å². The summed E-state index contributed by atoms with van der Waals surface area (Å²) in [5.41, 5.74) is 2.50. The fraction of sp³-hybridized carbons (Fsp3) is 0.357. The second kappa shape index (κ2) is 9.83. The van der Waals surface area contributed by atoms with Crippen LogP contribution in [-0.4, -0.2) is 41.0 Å². The van der Waals surface area contributed by atoms with E-state index in [-0.39, 0.29) is 29.3 Å². The molecule has 5 rings (SSSR count). The number of aryl methyl sites for hydroxylation is 1. The maximum atomic E-state index is 13.2. The maximum absolute atomic E-state index is 13.2. The summed E-state index contributed by atoms with van der Waals surface area (Å²) in [4.78, 5) is 36.8. The highest BCUT2D eigenvalue weighted by Crippen LogP contribution is 2.44. The van der Waals surface area contributed by atoms with E-state index in [1.807, 2.05) is 26.8 Å². The molecule has 1 saturated heterocycles. The van der Waals surface area contributed by atoms with Gasteiger partial charge in [0.1, 0.15) is 5.82 Å². The lowest BCUT2D eigenvalue weighted by Crippen LogP contribution is -2.50. The van der Waals surface area contributed by atoms with Gasteiger partial charge in [-0.2, -0.15) is 13.2 Å². The van der Waals surface area contributed by atoms with E-state index in [9.17, 15) is 22.8 Å². The summed E-state index contributed by atoms with van der Waals surface area (Å²) in [6.07, 6.45) is -0.689. The third-order valence-electron chi connectivity index (χ3n) is 7.06. The zero-order chi connectivity index (χ0) is 27.2. The van der Waals surface area contributed by atoms with Crippen LogP contribution in [0.5, 0.6) is 0 Å². The number of aromatic nitrogens is 2. The number of carbonyl (C=O) groups excluding carboxylic acids is 2. The highest BCUT2D eigenvalue weighted by atomic mass is 19.4. The smallest absolute Gasteiger partial charge is 0.381 e. The van der Waals surface area contributed by atoms with Crippen molar-refractivity contribution in [1.29, 1.82) is 0 Å². The molecule has 0 unspecified atom stereocenters. The van der Waals surface area contributed by atoms with Crippen molar-refractivity contribution in [3.63, 3.8) is 0 Å². The Bertz CT molecular complexity index is 1410. The fourth-order valence-electron chi connectivity index (χ4n) is 5.17. The number of benzene rings is 1. The molecule has 7 nitrogen and oxygen atoms in total. The minimum Gasteiger partial charge on any atom is -0.381 e. The first-order valence-electron chi connectivity index (χ1n) is 12.4. The van der Waals surface area contributed by atoms with Gasteiger partial charge in [-0.15, -0.1) is 0 Å². The summed E-state index contributed by atoms with van der Waals surface area (Å²) in [6.45, 7) is 6.66. The fourth-order valence-corrected chi connectivity index (χ4v) is 5.17. The molecule has 3 aromatic rings. The molecule has 2 aliphatic rings. The molecule has 2 amide bonds. The lowest BCUT2D eigenvalue weighted by molar-refractivity contribution is -0.137. The van der Waals surface area contributed by atoms with Crippen molar-refractivity contribution in [3.05, 3.63) is 71.2 Å². The summed E-state index contributed by atoms with van der Waals surface area (Å²) in [7, 11) is 0. The van der Waals surface area contributed by atoms with Crippen LogP contribution in [0.4, 0.5) is 24.7 Å². The van der Waals surface area contributed by atoms with E-state index in [2.05, 4.69) is 10.3 Å². The van der Waals surface area contributed by atoms with E-state index < -0.39 is 17.6 Å². The van der Waals surface area contributed by atoms with Crippen molar-refractivity contribution in [2.45, 2.75) is 45.3 Å². The molecule has 4 heterocycles. The van der Waals surface area contributed by atoms with E-state index >= 15 is 0 Å². The molecule has 10 heteroatoms. The first-order valence-corrected chi connectivity index (χ1v) is 12.4. The van der Waals surface area contributed by atoms with Crippen LogP contribution >= 0.6 is 0 Å². The van der Waals surface area contributed by atoms with Gasteiger partial charge in [-0.1, -0.05) is 6.07 Å².